The number of nitrogens with two attached hydrogens (primary N) is 1. The maximum absolute atomic E-state index is 12.4. The smallest absolute Gasteiger partial charge is 0.332 e. The Labute approximate surface area is 126 Å². The van der Waals surface area contributed by atoms with E-state index in [0.717, 1.165) is 51.4 Å². The lowest BCUT2D eigenvalue weighted by Gasteiger charge is -2.12. The first-order chi connectivity index (χ1) is 10.1. The zero-order valence-corrected chi connectivity index (χ0v) is 13.4. The Morgan fingerprint density at radius 1 is 0.857 bits per heavy atom. The van der Waals surface area contributed by atoms with E-state index in [4.69, 9.17) is 5.73 Å². The summed E-state index contributed by atoms with van der Waals surface area (Å²) in [4.78, 5) is 24.3. The summed E-state index contributed by atoms with van der Waals surface area (Å²) in [6.45, 7) is 5.38. The summed E-state index contributed by atoms with van der Waals surface area (Å²) >= 11 is 0. The van der Waals surface area contributed by atoms with Crippen molar-refractivity contribution in [2.75, 3.05) is 5.73 Å². The molecule has 0 aromatic carbocycles. The van der Waals surface area contributed by atoms with Crippen LogP contribution >= 0.6 is 0 Å². The molecule has 2 N–H and O–H groups in total. The van der Waals surface area contributed by atoms with Gasteiger partial charge in [0.1, 0.15) is 5.82 Å². The molecule has 0 bridgehead atoms. The minimum atomic E-state index is -0.279. The fourth-order valence-corrected chi connectivity index (χ4v) is 2.46. The van der Waals surface area contributed by atoms with Crippen molar-refractivity contribution in [3.05, 3.63) is 26.9 Å². The Morgan fingerprint density at radius 3 is 1.90 bits per heavy atom. The molecule has 5 nitrogen and oxygen atoms in total. The molecule has 0 radical (unpaired) electrons. The van der Waals surface area contributed by atoms with Crippen molar-refractivity contribution in [3.8, 4) is 0 Å². The molecular weight excluding hydrogens is 266 g/mol. The van der Waals surface area contributed by atoms with Crippen molar-refractivity contribution in [1.82, 2.24) is 9.13 Å². The molecule has 1 aromatic heterocycles. The maximum Gasteiger partial charge on any atom is 0.332 e. The second kappa shape index (κ2) is 9.42. The number of unbranched alkanes of at least 4 members (excludes halogenated alkanes) is 6. The van der Waals surface area contributed by atoms with Crippen LogP contribution in [0.15, 0.2) is 15.7 Å². The summed E-state index contributed by atoms with van der Waals surface area (Å²) in [6.07, 6.45) is 8.50. The largest absolute Gasteiger partial charge is 0.385 e. The Hall–Kier alpha value is -1.52. The van der Waals surface area contributed by atoms with Crippen molar-refractivity contribution in [2.45, 2.75) is 78.3 Å². The monoisotopic (exact) mass is 295 g/mol. The summed E-state index contributed by atoms with van der Waals surface area (Å²) in [5.74, 6) is 0.284. The SMILES string of the molecule is CCCCCCn1c(N)cc(=O)n(CCCCCC)c1=O. The standard InChI is InChI=1S/C16H29N3O2/c1-3-5-7-9-11-18-14(17)13-15(20)19(16(18)21)12-10-8-6-4-2/h13H,3-12,17H2,1-2H3. The predicted octanol–water partition coefficient (Wildman–Crippen LogP) is 2.75. The number of nitrogen functional groups attached to an aromatic ring is 1. The van der Waals surface area contributed by atoms with Gasteiger partial charge in [0, 0.05) is 19.2 Å². The number of rotatable bonds is 10. The zero-order chi connectivity index (χ0) is 15.7. The van der Waals surface area contributed by atoms with Gasteiger partial charge < -0.3 is 5.73 Å². The van der Waals surface area contributed by atoms with Crippen LogP contribution in [0, 0.1) is 0 Å². The summed E-state index contributed by atoms with van der Waals surface area (Å²) < 4.78 is 2.86. The van der Waals surface area contributed by atoms with E-state index in [1.165, 1.54) is 15.2 Å². The molecule has 0 aliphatic heterocycles. The summed E-state index contributed by atoms with van der Waals surface area (Å²) in [6, 6.07) is 1.38. The molecule has 0 saturated heterocycles. The molecule has 0 spiro atoms. The van der Waals surface area contributed by atoms with Crippen LogP contribution in [0.2, 0.25) is 0 Å². The quantitative estimate of drug-likeness (QED) is 0.675. The first kappa shape index (κ1) is 17.5. The van der Waals surface area contributed by atoms with Crippen LogP contribution in [0.5, 0.6) is 0 Å². The van der Waals surface area contributed by atoms with E-state index >= 15 is 0 Å². The highest BCUT2D eigenvalue weighted by Gasteiger charge is 2.08. The van der Waals surface area contributed by atoms with Gasteiger partial charge in [0.2, 0.25) is 0 Å². The molecule has 120 valence electrons. The highest BCUT2D eigenvalue weighted by molar-refractivity contribution is 5.26. The third-order valence-corrected chi connectivity index (χ3v) is 3.78. The van der Waals surface area contributed by atoms with Crippen LogP contribution in [0.4, 0.5) is 5.82 Å². The Balaban J connectivity index is 2.79. The van der Waals surface area contributed by atoms with Crippen molar-refractivity contribution >= 4 is 5.82 Å². The number of hydrogen-bond acceptors (Lipinski definition) is 3. The molecule has 0 amide bonds. The minimum absolute atomic E-state index is 0.256. The molecule has 0 atom stereocenters. The van der Waals surface area contributed by atoms with Crippen LogP contribution in [0.25, 0.3) is 0 Å². The van der Waals surface area contributed by atoms with Gasteiger partial charge in [-0.2, -0.15) is 0 Å². The van der Waals surface area contributed by atoms with Gasteiger partial charge in [-0.1, -0.05) is 52.4 Å². The van der Waals surface area contributed by atoms with Crippen LogP contribution in [-0.4, -0.2) is 9.13 Å². The molecule has 0 fully saturated rings. The van der Waals surface area contributed by atoms with E-state index in [9.17, 15) is 9.59 Å². The highest BCUT2D eigenvalue weighted by Crippen LogP contribution is 2.04. The normalized spacial score (nSPS) is 11.0. The minimum Gasteiger partial charge on any atom is -0.385 e. The topological polar surface area (TPSA) is 70.0 Å². The van der Waals surface area contributed by atoms with Gasteiger partial charge in [0.05, 0.1) is 0 Å². The van der Waals surface area contributed by atoms with E-state index in [-0.39, 0.29) is 17.1 Å². The highest BCUT2D eigenvalue weighted by atomic mass is 16.2. The van der Waals surface area contributed by atoms with Crippen molar-refractivity contribution in [3.63, 3.8) is 0 Å². The average molecular weight is 295 g/mol. The van der Waals surface area contributed by atoms with Crippen molar-refractivity contribution in [1.29, 1.82) is 0 Å². The maximum atomic E-state index is 12.4. The number of anilines is 1. The number of hydrogen-bond donors (Lipinski definition) is 1. The van der Waals surface area contributed by atoms with Gasteiger partial charge in [-0.25, -0.2) is 4.79 Å². The number of nitrogens with zero attached hydrogens (tertiary/aromatic N) is 2. The lowest BCUT2D eigenvalue weighted by Crippen LogP contribution is -2.40. The first-order valence-corrected chi connectivity index (χ1v) is 8.22. The summed E-state index contributed by atoms with van der Waals surface area (Å²) in [5.41, 5.74) is 5.30. The predicted molar refractivity (Wildman–Crippen MR) is 87.7 cm³/mol. The molecule has 0 unspecified atom stereocenters. The number of aromatic nitrogens is 2. The molecule has 1 rings (SSSR count). The van der Waals surface area contributed by atoms with Gasteiger partial charge in [0.15, 0.2) is 0 Å². The van der Waals surface area contributed by atoms with Gasteiger partial charge in [-0.05, 0) is 12.8 Å². The van der Waals surface area contributed by atoms with E-state index < -0.39 is 0 Å². The van der Waals surface area contributed by atoms with Crippen molar-refractivity contribution in [2.24, 2.45) is 0 Å². The Morgan fingerprint density at radius 2 is 1.38 bits per heavy atom. The second-order valence-corrected chi connectivity index (χ2v) is 5.61. The molecule has 1 aromatic rings. The zero-order valence-electron chi connectivity index (χ0n) is 13.4. The van der Waals surface area contributed by atoms with Crippen LogP contribution in [0.3, 0.4) is 0 Å². The molecule has 0 aliphatic carbocycles. The third-order valence-electron chi connectivity index (χ3n) is 3.78. The lowest BCUT2D eigenvalue weighted by atomic mass is 10.2. The molecular formula is C16H29N3O2. The van der Waals surface area contributed by atoms with E-state index in [1.54, 1.807) is 0 Å². The van der Waals surface area contributed by atoms with Crippen molar-refractivity contribution < 1.29 is 0 Å². The molecule has 21 heavy (non-hydrogen) atoms. The van der Waals surface area contributed by atoms with Gasteiger partial charge in [-0.15, -0.1) is 0 Å². The lowest BCUT2D eigenvalue weighted by molar-refractivity contribution is 0.501. The fraction of sp³-hybridized carbons (Fsp3) is 0.750. The fourth-order valence-electron chi connectivity index (χ4n) is 2.46. The van der Waals surface area contributed by atoms with Gasteiger partial charge in [-0.3, -0.25) is 13.9 Å². The Kier molecular flexibility index (Phi) is 7.87. The second-order valence-electron chi connectivity index (χ2n) is 5.61. The molecule has 0 saturated carbocycles. The summed E-state index contributed by atoms with van der Waals surface area (Å²) in [7, 11) is 0. The summed E-state index contributed by atoms with van der Waals surface area (Å²) in [5, 5.41) is 0. The van der Waals surface area contributed by atoms with Crippen LogP contribution in [-0.2, 0) is 13.1 Å². The van der Waals surface area contributed by atoms with E-state index in [2.05, 4.69) is 13.8 Å². The van der Waals surface area contributed by atoms with Crippen LogP contribution < -0.4 is 17.0 Å². The van der Waals surface area contributed by atoms with Gasteiger partial charge >= 0.3 is 5.69 Å². The first-order valence-electron chi connectivity index (χ1n) is 8.22. The molecule has 0 aliphatic rings. The Bertz CT molecular complexity index is 531. The third kappa shape index (κ3) is 5.40. The van der Waals surface area contributed by atoms with E-state index in [1.807, 2.05) is 0 Å². The average Bonchev–Trinajstić information content (AvgIpc) is 2.45. The molecule has 1 heterocycles. The van der Waals surface area contributed by atoms with Gasteiger partial charge in [0.25, 0.3) is 5.56 Å². The van der Waals surface area contributed by atoms with E-state index in [0.29, 0.717) is 13.1 Å². The molecule has 5 heteroatoms. The van der Waals surface area contributed by atoms with Crippen LogP contribution in [0.1, 0.15) is 65.2 Å².